The highest BCUT2D eigenvalue weighted by molar-refractivity contribution is 7.81. The van der Waals surface area contributed by atoms with Gasteiger partial charge in [-0.1, -0.05) is 30.3 Å². The van der Waals surface area contributed by atoms with Gasteiger partial charge in [0.05, 0.1) is 19.3 Å². The largest absolute Gasteiger partial charge is 0.479 e. The Labute approximate surface area is 215 Å². The molecule has 0 aromatic heterocycles. The molecule has 2 rings (SSSR count). The van der Waals surface area contributed by atoms with Crippen LogP contribution in [0.1, 0.15) is 36.2 Å². The molecule has 0 saturated heterocycles. The van der Waals surface area contributed by atoms with Crippen molar-refractivity contribution in [1.29, 1.82) is 0 Å². The fraction of sp³-hybridized carbons (Fsp3) is 0.360. The molecular weight excluding hydrogens is 505 g/mol. The molecule has 12 heteroatoms. The molecule has 0 aliphatic rings. The van der Waals surface area contributed by atoms with Crippen molar-refractivity contribution >= 4 is 31.3 Å². The summed E-state index contributed by atoms with van der Waals surface area (Å²) in [6, 6.07) is 13.1. The maximum absolute atomic E-state index is 12.7. The molecule has 0 radical (unpaired) electrons. The number of alkyl carbamates (subject to hydrolysis) is 1. The highest BCUT2D eigenvalue weighted by Gasteiger charge is 2.45. The molecule has 2 atom stereocenters. The van der Waals surface area contributed by atoms with Crippen molar-refractivity contribution in [2.75, 3.05) is 19.9 Å². The summed E-state index contributed by atoms with van der Waals surface area (Å²) in [5.74, 6) is -1.10. The average molecular weight is 536 g/mol. The molecule has 0 bridgehead atoms. The van der Waals surface area contributed by atoms with E-state index in [1.165, 1.54) is 31.2 Å². The van der Waals surface area contributed by atoms with E-state index in [1.54, 1.807) is 31.2 Å². The molecule has 11 nitrogen and oxygen atoms in total. The summed E-state index contributed by atoms with van der Waals surface area (Å²) >= 11 is 0. The first-order valence-electron chi connectivity index (χ1n) is 11.4. The predicted molar refractivity (Wildman–Crippen MR) is 134 cm³/mol. The Kier molecular flexibility index (Phi) is 11.5. The molecule has 3 N–H and O–H groups in total. The highest BCUT2D eigenvalue weighted by Crippen LogP contribution is 2.53. The third kappa shape index (κ3) is 9.45. The Morgan fingerprint density at radius 1 is 0.946 bits per heavy atom. The van der Waals surface area contributed by atoms with Crippen LogP contribution < -0.4 is 10.1 Å². The average Bonchev–Trinajstić information content (AvgIpc) is 2.90. The van der Waals surface area contributed by atoms with Crippen LogP contribution in [0.5, 0.6) is 5.75 Å². The molecule has 2 aromatic rings. The Hall–Kier alpha value is -3.53. The monoisotopic (exact) mass is 536 g/mol. The van der Waals surface area contributed by atoms with Gasteiger partial charge in [-0.25, -0.2) is 29.0 Å². The molecular formula is C25H31NO10P+. The molecule has 1 amide bonds. The summed E-state index contributed by atoms with van der Waals surface area (Å²) in [6.07, 6.45) is -2.54. The van der Waals surface area contributed by atoms with E-state index in [9.17, 15) is 29.0 Å². The fourth-order valence-corrected chi connectivity index (χ4v) is 4.49. The van der Waals surface area contributed by atoms with Crippen LogP contribution in [-0.2, 0) is 30.4 Å². The molecule has 0 heterocycles. The normalized spacial score (nSPS) is 12.6. The van der Waals surface area contributed by atoms with E-state index in [0.29, 0.717) is 0 Å². The van der Waals surface area contributed by atoms with Crippen molar-refractivity contribution in [3.05, 3.63) is 65.7 Å². The van der Waals surface area contributed by atoms with Gasteiger partial charge in [0.2, 0.25) is 0 Å². The van der Waals surface area contributed by atoms with Gasteiger partial charge < -0.3 is 24.3 Å². The second-order valence-corrected chi connectivity index (χ2v) is 10.2. The quantitative estimate of drug-likeness (QED) is 0.197. The van der Waals surface area contributed by atoms with Crippen LogP contribution in [0, 0.1) is 0 Å². The van der Waals surface area contributed by atoms with Crippen molar-refractivity contribution in [2.24, 2.45) is 0 Å². The molecule has 0 aliphatic carbocycles. The maximum Gasteiger partial charge on any atom is 0.408 e. The van der Waals surface area contributed by atoms with Crippen LogP contribution in [0.25, 0.3) is 0 Å². The number of amides is 1. The summed E-state index contributed by atoms with van der Waals surface area (Å²) in [6.45, 7) is 3.36. The summed E-state index contributed by atoms with van der Waals surface area (Å²) in [5.41, 5.74) is -0.188. The third-order valence-electron chi connectivity index (χ3n) is 5.08. The van der Waals surface area contributed by atoms with Crippen LogP contribution in [0.2, 0.25) is 0 Å². The first-order chi connectivity index (χ1) is 17.6. The molecule has 2 aromatic carbocycles. The zero-order valence-corrected chi connectivity index (χ0v) is 21.7. The first kappa shape index (κ1) is 29.7. The number of carbonyl (C=O) groups is 4. The van der Waals surface area contributed by atoms with Crippen molar-refractivity contribution < 1.29 is 47.9 Å². The van der Waals surface area contributed by atoms with Crippen molar-refractivity contribution in [1.82, 2.24) is 5.32 Å². The lowest BCUT2D eigenvalue weighted by Crippen LogP contribution is -2.42. The van der Waals surface area contributed by atoms with Gasteiger partial charge in [0.15, 0.2) is 6.10 Å². The lowest BCUT2D eigenvalue weighted by atomic mass is 10.2. The van der Waals surface area contributed by atoms with E-state index in [2.05, 4.69) is 10.1 Å². The standard InChI is InChI=1S/C25H30NO10P/c1-4-34-22(27)17(2)36-20-12-10-19(11-13-20)24(29)37(31,32)15-14-21(23(28)33-3)26-25(30)35-16-18-8-6-5-7-9-18/h5-13,17,21,31-32H,4,14-16H2,1-3H3/p+1. The second-order valence-electron chi connectivity index (χ2n) is 7.87. The number of rotatable bonds is 13. The van der Waals surface area contributed by atoms with E-state index in [1.807, 2.05) is 6.07 Å². The van der Waals surface area contributed by atoms with E-state index in [0.717, 1.165) is 12.7 Å². The molecule has 0 aliphatic heterocycles. The van der Waals surface area contributed by atoms with Crippen molar-refractivity contribution in [2.45, 2.75) is 39.0 Å². The van der Waals surface area contributed by atoms with Gasteiger partial charge in [-0.3, -0.25) is 0 Å². The first-order valence-corrected chi connectivity index (χ1v) is 13.3. The van der Waals surface area contributed by atoms with Gasteiger partial charge in [0.1, 0.15) is 24.6 Å². The van der Waals surface area contributed by atoms with Crippen LogP contribution in [0.4, 0.5) is 4.79 Å². The summed E-state index contributed by atoms with van der Waals surface area (Å²) in [4.78, 5) is 69.7. The van der Waals surface area contributed by atoms with E-state index >= 15 is 0 Å². The van der Waals surface area contributed by atoms with Crippen LogP contribution in [-0.4, -0.2) is 65.4 Å². The topological polar surface area (TPSA) is 158 Å². The number of ether oxygens (including phenoxy) is 4. The van der Waals surface area contributed by atoms with Crippen molar-refractivity contribution in [3.63, 3.8) is 0 Å². The smallest absolute Gasteiger partial charge is 0.408 e. The van der Waals surface area contributed by atoms with Crippen LogP contribution >= 0.6 is 7.72 Å². The van der Waals surface area contributed by atoms with E-state index < -0.39 is 49.6 Å². The minimum absolute atomic E-state index is 0.000630. The summed E-state index contributed by atoms with van der Waals surface area (Å²) in [5, 5.41) is 2.33. The van der Waals surface area contributed by atoms with Gasteiger partial charge in [-0.05, 0) is 43.7 Å². The predicted octanol–water partition coefficient (Wildman–Crippen LogP) is 2.85. The Morgan fingerprint density at radius 2 is 1.59 bits per heavy atom. The Morgan fingerprint density at radius 3 is 2.19 bits per heavy atom. The molecule has 2 unspecified atom stereocenters. The van der Waals surface area contributed by atoms with E-state index in [4.69, 9.17) is 14.2 Å². The number of esters is 2. The van der Waals surface area contributed by atoms with E-state index in [-0.39, 0.29) is 30.9 Å². The number of carbonyl (C=O) groups excluding carboxylic acids is 4. The molecule has 0 spiro atoms. The second kappa shape index (κ2) is 14.3. The number of hydrogen-bond donors (Lipinski definition) is 3. The van der Waals surface area contributed by atoms with Gasteiger partial charge in [-0.2, -0.15) is 0 Å². The molecule has 0 fully saturated rings. The summed E-state index contributed by atoms with van der Waals surface area (Å²) in [7, 11) is -3.07. The number of nitrogens with one attached hydrogen (secondary N) is 1. The van der Waals surface area contributed by atoms with Gasteiger partial charge in [0, 0.05) is 6.42 Å². The SMILES string of the molecule is CCOC(=O)C(C)Oc1ccc(C(=O)[P+](O)(O)CCC(NC(=O)OCc2ccccc2)C(=O)OC)cc1. The molecule has 200 valence electrons. The summed E-state index contributed by atoms with van der Waals surface area (Å²) < 4.78 is 20.1. The Bertz CT molecular complexity index is 1060. The third-order valence-corrected chi connectivity index (χ3v) is 6.87. The van der Waals surface area contributed by atoms with Gasteiger partial charge in [-0.15, -0.1) is 0 Å². The van der Waals surface area contributed by atoms with Crippen molar-refractivity contribution in [3.8, 4) is 5.75 Å². The van der Waals surface area contributed by atoms with Crippen LogP contribution in [0.15, 0.2) is 54.6 Å². The molecule has 37 heavy (non-hydrogen) atoms. The number of benzene rings is 2. The van der Waals surface area contributed by atoms with Gasteiger partial charge >= 0.3 is 31.3 Å². The lowest BCUT2D eigenvalue weighted by molar-refractivity contribution is -0.150. The number of hydrogen-bond acceptors (Lipinski definition) is 10. The minimum Gasteiger partial charge on any atom is -0.479 e. The van der Waals surface area contributed by atoms with Crippen LogP contribution in [0.3, 0.4) is 0 Å². The van der Waals surface area contributed by atoms with Gasteiger partial charge in [0.25, 0.3) is 0 Å². The molecule has 0 saturated carbocycles. The maximum atomic E-state index is 12.7. The zero-order chi connectivity index (χ0) is 27.4. The Balaban J connectivity index is 1.96. The number of methoxy groups -OCH3 is 1. The highest BCUT2D eigenvalue weighted by atomic mass is 31.2. The fourth-order valence-electron chi connectivity index (χ4n) is 3.10. The zero-order valence-electron chi connectivity index (χ0n) is 20.8. The minimum atomic E-state index is -4.19. The lowest BCUT2D eigenvalue weighted by Gasteiger charge is -2.18.